The number of aryl methyl sites for hydroxylation is 1. The van der Waals surface area contributed by atoms with Crippen LogP contribution in [0.25, 0.3) is 0 Å². The van der Waals surface area contributed by atoms with Gasteiger partial charge in [0, 0.05) is 58.5 Å². The monoisotopic (exact) mass is 690 g/mol. The summed E-state index contributed by atoms with van der Waals surface area (Å²) in [5.74, 6) is -0.857. The Morgan fingerprint density at radius 3 is 2.52 bits per heavy atom. The summed E-state index contributed by atoms with van der Waals surface area (Å²) in [6.07, 6.45) is 4.05. The van der Waals surface area contributed by atoms with Gasteiger partial charge in [-0.25, -0.2) is 4.79 Å². The fraction of sp³-hybridized carbons (Fsp3) is 0.590. The number of amides is 3. The van der Waals surface area contributed by atoms with Crippen molar-refractivity contribution in [3.63, 3.8) is 0 Å². The van der Waals surface area contributed by atoms with Crippen LogP contribution in [0, 0.1) is 11.8 Å². The molecule has 3 atom stereocenters. The SMILES string of the molecule is COCCCN1C(=O)C(C)(C)Oc2ccc(N(C(=O)[C@@H]3C[C@H](C(=O)CN[C@H]4CCc5ccccc54)CN(C(=O)OC(C)(C)C)C3)C3CC3)cc21.[HH]. The summed E-state index contributed by atoms with van der Waals surface area (Å²) in [6.45, 7) is 10.4. The Labute approximate surface area is 297 Å². The zero-order chi connectivity index (χ0) is 35.8. The Kier molecular flexibility index (Phi) is 10.3. The number of hydrogen-bond donors (Lipinski definition) is 1. The third-order valence-corrected chi connectivity index (χ3v) is 10.1. The number of ketones is 1. The second kappa shape index (κ2) is 14.3. The third kappa shape index (κ3) is 7.84. The molecule has 2 aliphatic heterocycles. The number of benzene rings is 2. The zero-order valence-corrected chi connectivity index (χ0v) is 30.3. The number of Topliss-reactive ketones (excluding diaryl/α,β-unsaturated/α-hetero) is 1. The highest BCUT2D eigenvalue weighted by molar-refractivity contribution is 6.04. The highest BCUT2D eigenvalue weighted by atomic mass is 16.6. The molecule has 0 radical (unpaired) electrons. The predicted molar refractivity (Wildman–Crippen MR) is 193 cm³/mol. The van der Waals surface area contributed by atoms with Crippen molar-refractivity contribution in [1.82, 2.24) is 10.2 Å². The summed E-state index contributed by atoms with van der Waals surface area (Å²) in [4.78, 5) is 60.5. The minimum atomic E-state index is -1.03. The molecule has 2 aliphatic carbocycles. The Morgan fingerprint density at radius 1 is 1.06 bits per heavy atom. The molecule has 0 aromatic heterocycles. The first kappa shape index (κ1) is 35.9. The van der Waals surface area contributed by atoms with E-state index in [2.05, 4.69) is 17.4 Å². The van der Waals surface area contributed by atoms with Gasteiger partial charge in [0.2, 0.25) is 5.91 Å². The minimum absolute atomic E-state index is 0. The molecule has 2 aromatic carbocycles. The summed E-state index contributed by atoms with van der Waals surface area (Å²) in [6, 6.07) is 14.0. The quantitative estimate of drug-likeness (QED) is 0.299. The van der Waals surface area contributed by atoms with Crippen molar-refractivity contribution in [2.24, 2.45) is 11.8 Å². The van der Waals surface area contributed by atoms with Crippen LogP contribution < -0.4 is 19.9 Å². The van der Waals surface area contributed by atoms with Crippen LogP contribution in [0.3, 0.4) is 0 Å². The van der Waals surface area contributed by atoms with Crippen LogP contribution in [-0.2, 0) is 30.3 Å². The van der Waals surface area contributed by atoms with Gasteiger partial charge in [-0.2, -0.15) is 0 Å². The number of nitrogens with one attached hydrogen (secondary N) is 1. The van der Waals surface area contributed by atoms with Crippen LogP contribution in [0.4, 0.5) is 16.2 Å². The van der Waals surface area contributed by atoms with Gasteiger partial charge in [0.1, 0.15) is 11.4 Å². The predicted octanol–water partition coefficient (Wildman–Crippen LogP) is 5.69. The van der Waals surface area contributed by atoms with Crippen LogP contribution in [0.15, 0.2) is 42.5 Å². The molecule has 2 fully saturated rings. The highest BCUT2D eigenvalue weighted by Gasteiger charge is 2.45. The van der Waals surface area contributed by atoms with Gasteiger partial charge in [-0.3, -0.25) is 14.4 Å². The van der Waals surface area contributed by atoms with Gasteiger partial charge >= 0.3 is 6.09 Å². The van der Waals surface area contributed by atoms with Gasteiger partial charge in [0.25, 0.3) is 5.91 Å². The molecule has 4 aliphatic rings. The van der Waals surface area contributed by atoms with E-state index in [4.69, 9.17) is 14.2 Å². The Balaban J connectivity index is 0.00000504. The Bertz CT molecular complexity index is 1620. The van der Waals surface area contributed by atoms with Crippen molar-refractivity contribution < 1.29 is 34.8 Å². The lowest BCUT2D eigenvalue weighted by Gasteiger charge is -2.40. The van der Waals surface area contributed by atoms with E-state index in [1.165, 1.54) is 16.0 Å². The maximum atomic E-state index is 14.6. The number of hydrogen-bond acceptors (Lipinski definition) is 8. The summed E-state index contributed by atoms with van der Waals surface area (Å²) in [5, 5.41) is 3.47. The summed E-state index contributed by atoms with van der Waals surface area (Å²) in [5.41, 5.74) is 2.06. The van der Waals surface area contributed by atoms with Crippen LogP contribution >= 0.6 is 0 Å². The molecule has 0 spiro atoms. The van der Waals surface area contributed by atoms with Gasteiger partial charge < -0.3 is 34.2 Å². The van der Waals surface area contributed by atoms with Crippen LogP contribution in [0.5, 0.6) is 5.75 Å². The summed E-state index contributed by atoms with van der Waals surface area (Å²) >= 11 is 0. The fourth-order valence-corrected chi connectivity index (χ4v) is 7.47. The van der Waals surface area contributed by atoms with E-state index in [-0.39, 0.29) is 50.7 Å². The molecule has 0 unspecified atom stereocenters. The standard InChI is InChI=1S/C39H52N4O7.H2/c1-38(2,3)50-37(47)41-23-26(33(44)22-40-31-16-12-25-10-7-8-11-30(25)31)20-27(24-41)35(45)43(28-13-14-28)29-15-17-34-32(21-29)42(18-9-19-48-6)36(46)39(4,5)49-34;/h7-8,10-11,15,17,21,26-28,31,40H,9,12-14,16,18-20,22-24H2,1-6H3;1H/t26-,27+,31-;/m0./s1. The summed E-state index contributed by atoms with van der Waals surface area (Å²) < 4.78 is 17.1. The fourth-order valence-electron chi connectivity index (χ4n) is 7.47. The largest absolute Gasteiger partial charge is 0.476 e. The first-order valence-corrected chi connectivity index (χ1v) is 18.0. The number of carbonyl (C=O) groups is 4. The van der Waals surface area contributed by atoms with E-state index < -0.39 is 29.1 Å². The van der Waals surface area contributed by atoms with E-state index in [1.54, 1.807) is 25.9 Å². The second-order valence-corrected chi connectivity index (χ2v) is 15.7. The molecule has 1 saturated carbocycles. The van der Waals surface area contributed by atoms with Gasteiger partial charge in [-0.1, -0.05) is 24.3 Å². The first-order valence-electron chi connectivity index (χ1n) is 18.0. The molecule has 11 nitrogen and oxygen atoms in total. The third-order valence-electron chi connectivity index (χ3n) is 10.1. The molecule has 1 saturated heterocycles. The number of carbonyl (C=O) groups excluding carboxylic acids is 4. The molecule has 6 rings (SSSR count). The molecule has 3 amide bonds. The molecular weight excluding hydrogens is 636 g/mol. The number of nitrogens with zero attached hydrogens (tertiary/aromatic N) is 3. The highest BCUT2D eigenvalue weighted by Crippen LogP contribution is 2.43. The summed E-state index contributed by atoms with van der Waals surface area (Å²) in [7, 11) is 1.63. The number of fused-ring (bicyclic) bond motifs is 2. The molecule has 50 heavy (non-hydrogen) atoms. The lowest BCUT2D eigenvalue weighted by atomic mass is 9.85. The zero-order valence-electron chi connectivity index (χ0n) is 30.3. The number of rotatable bonds is 11. The number of ether oxygens (including phenoxy) is 3. The lowest BCUT2D eigenvalue weighted by molar-refractivity contribution is -0.132. The van der Waals surface area contributed by atoms with Crippen molar-refractivity contribution in [2.45, 2.75) is 96.4 Å². The van der Waals surface area contributed by atoms with Crippen molar-refractivity contribution in [3.05, 3.63) is 53.6 Å². The van der Waals surface area contributed by atoms with E-state index >= 15 is 0 Å². The molecule has 2 aromatic rings. The number of likely N-dealkylation sites (tertiary alicyclic amines) is 1. The molecule has 272 valence electrons. The molecular formula is C39H54N4O7. The molecule has 1 N–H and O–H groups in total. The van der Waals surface area contributed by atoms with Crippen molar-refractivity contribution in [3.8, 4) is 5.75 Å². The van der Waals surface area contributed by atoms with Crippen LogP contribution in [0.2, 0.25) is 0 Å². The van der Waals surface area contributed by atoms with Crippen molar-refractivity contribution in [2.75, 3.05) is 49.7 Å². The van der Waals surface area contributed by atoms with Gasteiger partial charge in [-0.15, -0.1) is 0 Å². The van der Waals surface area contributed by atoms with E-state index in [1.807, 2.05) is 56.0 Å². The van der Waals surface area contributed by atoms with E-state index in [0.717, 1.165) is 25.7 Å². The van der Waals surface area contributed by atoms with Crippen molar-refractivity contribution >= 4 is 35.1 Å². The Hall–Kier alpha value is -3.96. The van der Waals surface area contributed by atoms with Gasteiger partial charge in [0.15, 0.2) is 11.4 Å². The van der Waals surface area contributed by atoms with Crippen molar-refractivity contribution in [1.29, 1.82) is 0 Å². The maximum Gasteiger partial charge on any atom is 0.410 e. The smallest absolute Gasteiger partial charge is 0.410 e. The van der Waals surface area contributed by atoms with Crippen LogP contribution in [-0.4, -0.2) is 85.7 Å². The second-order valence-electron chi connectivity index (χ2n) is 15.7. The molecule has 0 bridgehead atoms. The molecule has 2 heterocycles. The van der Waals surface area contributed by atoms with Crippen LogP contribution in [0.1, 0.15) is 85.3 Å². The van der Waals surface area contributed by atoms with Gasteiger partial charge in [-0.05, 0) is 102 Å². The lowest BCUT2D eigenvalue weighted by Crippen LogP contribution is -2.53. The average Bonchev–Trinajstić information content (AvgIpc) is 3.82. The molecule has 11 heteroatoms. The number of piperidine rings is 1. The number of methoxy groups -OCH3 is 1. The van der Waals surface area contributed by atoms with Gasteiger partial charge in [0.05, 0.1) is 18.2 Å². The average molecular weight is 691 g/mol. The maximum absolute atomic E-state index is 14.6. The normalized spacial score (nSPS) is 22.8. The van der Waals surface area contributed by atoms with E-state index in [9.17, 15) is 19.2 Å². The number of anilines is 2. The Morgan fingerprint density at radius 2 is 1.80 bits per heavy atom. The first-order chi connectivity index (χ1) is 23.8. The van der Waals surface area contributed by atoms with E-state index in [0.29, 0.717) is 43.1 Å². The minimum Gasteiger partial charge on any atom is -0.476 e. The topological polar surface area (TPSA) is 118 Å².